The fourth-order valence-electron chi connectivity index (χ4n) is 2.27. The average Bonchev–Trinajstić information content (AvgIpc) is 2.69. The minimum Gasteiger partial charge on any atom is -0.355 e. The number of carbonyl (C=O) groups is 1. The number of amides is 1. The van der Waals surface area contributed by atoms with Gasteiger partial charge < -0.3 is 10.6 Å². The average molecular weight is 297 g/mol. The van der Waals surface area contributed by atoms with Gasteiger partial charge in [0.1, 0.15) is 0 Å². The lowest BCUT2D eigenvalue weighted by Crippen LogP contribution is -2.35. The highest BCUT2D eigenvalue weighted by Crippen LogP contribution is 2.32. The lowest BCUT2D eigenvalue weighted by Gasteiger charge is -2.13. The van der Waals surface area contributed by atoms with E-state index in [1.165, 1.54) is 11.1 Å². The van der Waals surface area contributed by atoms with Crippen LogP contribution in [-0.4, -0.2) is 19.0 Å². The van der Waals surface area contributed by atoms with Gasteiger partial charge in [0.2, 0.25) is 5.91 Å². The van der Waals surface area contributed by atoms with Crippen molar-refractivity contribution in [3.05, 3.63) is 33.8 Å². The zero-order valence-electron chi connectivity index (χ0n) is 9.92. The van der Waals surface area contributed by atoms with Crippen LogP contribution >= 0.6 is 15.9 Å². The van der Waals surface area contributed by atoms with E-state index in [4.69, 9.17) is 0 Å². The highest BCUT2D eigenvalue weighted by atomic mass is 79.9. The number of hydrogen-bond donors (Lipinski definition) is 2. The van der Waals surface area contributed by atoms with E-state index < -0.39 is 0 Å². The van der Waals surface area contributed by atoms with Crippen molar-refractivity contribution >= 4 is 21.8 Å². The Balaban J connectivity index is 1.95. The lowest BCUT2D eigenvalue weighted by atomic mass is 10.1. The van der Waals surface area contributed by atoms with Gasteiger partial charge in [-0.05, 0) is 43.0 Å². The molecule has 0 bridgehead atoms. The third-order valence-corrected chi connectivity index (χ3v) is 3.56. The Morgan fingerprint density at radius 2 is 2.35 bits per heavy atom. The van der Waals surface area contributed by atoms with Crippen LogP contribution in [0.4, 0.5) is 0 Å². The van der Waals surface area contributed by atoms with E-state index in [-0.39, 0.29) is 5.91 Å². The van der Waals surface area contributed by atoms with E-state index in [0.717, 1.165) is 17.3 Å². The van der Waals surface area contributed by atoms with Crippen molar-refractivity contribution in [3.8, 4) is 0 Å². The molecular formula is C13H17BrN2O. The van der Waals surface area contributed by atoms with Crippen molar-refractivity contribution in [3.63, 3.8) is 0 Å². The standard InChI is InChI=1S/C13H17BrN2O/c1-2-15-13(17)8-16-12-6-3-9-7-10(14)4-5-11(9)12/h4-5,7,12,16H,2-3,6,8H2,1H3,(H,15,17). The molecule has 0 aromatic heterocycles. The molecule has 1 amide bonds. The van der Waals surface area contributed by atoms with Crippen LogP contribution in [0.5, 0.6) is 0 Å². The number of aryl methyl sites for hydroxylation is 1. The van der Waals surface area contributed by atoms with Gasteiger partial charge in [-0.2, -0.15) is 0 Å². The molecule has 1 atom stereocenters. The van der Waals surface area contributed by atoms with Gasteiger partial charge in [-0.15, -0.1) is 0 Å². The van der Waals surface area contributed by atoms with Crippen molar-refractivity contribution in [2.75, 3.05) is 13.1 Å². The molecule has 0 spiro atoms. The van der Waals surface area contributed by atoms with Crippen LogP contribution < -0.4 is 10.6 Å². The molecular weight excluding hydrogens is 280 g/mol. The normalized spacial score (nSPS) is 17.9. The van der Waals surface area contributed by atoms with Crippen LogP contribution in [0, 0.1) is 0 Å². The molecule has 0 fully saturated rings. The van der Waals surface area contributed by atoms with E-state index in [9.17, 15) is 4.79 Å². The summed E-state index contributed by atoms with van der Waals surface area (Å²) >= 11 is 3.48. The number of carbonyl (C=O) groups excluding carboxylic acids is 1. The predicted molar refractivity (Wildman–Crippen MR) is 71.9 cm³/mol. The van der Waals surface area contributed by atoms with E-state index >= 15 is 0 Å². The van der Waals surface area contributed by atoms with Gasteiger partial charge in [0.05, 0.1) is 6.54 Å². The molecule has 17 heavy (non-hydrogen) atoms. The summed E-state index contributed by atoms with van der Waals surface area (Å²) in [6, 6.07) is 6.69. The first-order valence-electron chi connectivity index (χ1n) is 5.99. The second-order valence-corrected chi connectivity index (χ2v) is 5.18. The summed E-state index contributed by atoms with van der Waals surface area (Å²) in [4.78, 5) is 11.4. The SMILES string of the molecule is CCNC(=O)CNC1CCc2cc(Br)ccc21. The second-order valence-electron chi connectivity index (χ2n) is 4.27. The maximum atomic E-state index is 11.4. The van der Waals surface area contributed by atoms with Crippen LogP contribution in [-0.2, 0) is 11.2 Å². The van der Waals surface area contributed by atoms with Crippen molar-refractivity contribution in [2.24, 2.45) is 0 Å². The number of halogens is 1. The largest absolute Gasteiger partial charge is 0.355 e. The van der Waals surface area contributed by atoms with Gasteiger partial charge in [0.25, 0.3) is 0 Å². The molecule has 1 aromatic carbocycles. The Morgan fingerprint density at radius 1 is 1.53 bits per heavy atom. The number of rotatable bonds is 4. The second kappa shape index (κ2) is 5.65. The van der Waals surface area contributed by atoms with Gasteiger partial charge in [-0.1, -0.05) is 22.0 Å². The molecule has 4 heteroatoms. The summed E-state index contributed by atoms with van der Waals surface area (Å²) in [6.45, 7) is 3.02. The fourth-order valence-corrected chi connectivity index (χ4v) is 2.68. The topological polar surface area (TPSA) is 41.1 Å². The van der Waals surface area contributed by atoms with Gasteiger partial charge in [-0.25, -0.2) is 0 Å². The van der Waals surface area contributed by atoms with Crippen LogP contribution in [0.3, 0.4) is 0 Å². The monoisotopic (exact) mass is 296 g/mol. The third kappa shape index (κ3) is 3.07. The Labute approximate surface area is 110 Å². The molecule has 3 nitrogen and oxygen atoms in total. The van der Waals surface area contributed by atoms with Crippen LogP contribution in [0.2, 0.25) is 0 Å². The van der Waals surface area contributed by atoms with Crippen molar-refractivity contribution in [1.82, 2.24) is 10.6 Å². The van der Waals surface area contributed by atoms with Crippen molar-refractivity contribution in [2.45, 2.75) is 25.8 Å². The molecule has 2 rings (SSSR count). The fraction of sp³-hybridized carbons (Fsp3) is 0.462. The number of benzene rings is 1. The molecule has 1 aliphatic rings. The van der Waals surface area contributed by atoms with E-state index in [1.54, 1.807) is 0 Å². The van der Waals surface area contributed by atoms with Crippen LogP contribution in [0.25, 0.3) is 0 Å². The molecule has 0 saturated heterocycles. The smallest absolute Gasteiger partial charge is 0.233 e. The van der Waals surface area contributed by atoms with Crippen molar-refractivity contribution < 1.29 is 4.79 Å². The zero-order valence-corrected chi connectivity index (χ0v) is 11.5. The van der Waals surface area contributed by atoms with Crippen LogP contribution in [0.1, 0.15) is 30.5 Å². The summed E-state index contributed by atoms with van der Waals surface area (Å²) in [5.74, 6) is 0.0676. The van der Waals surface area contributed by atoms with E-state index in [2.05, 4.69) is 44.8 Å². The van der Waals surface area contributed by atoms with Gasteiger partial charge in [0, 0.05) is 17.1 Å². The molecule has 1 aromatic rings. The van der Waals surface area contributed by atoms with Gasteiger partial charge in [0.15, 0.2) is 0 Å². The minimum absolute atomic E-state index is 0.0676. The first kappa shape index (κ1) is 12.6. The Hall–Kier alpha value is -0.870. The molecule has 1 aliphatic carbocycles. The van der Waals surface area contributed by atoms with Gasteiger partial charge in [-0.3, -0.25) is 4.79 Å². The number of hydrogen-bond acceptors (Lipinski definition) is 2. The molecule has 0 saturated carbocycles. The summed E-state index contributed by atoms with van der Waals surface area (Å²) < 4.78 is 1.13. The summed E-state index contributed by atoms with van der Waals surface area (Å²) in [7, 11) is 0. The molecule has 2 N–H and O–H groups in total. The number of nitrogens with one attached hydrogen (secondary N) is 2. The molecule has 1 unspecified atom stereocenters. The first-order valence-corrected chi connectivity index (χ1v) is 6.78. The minimum atomic E-state index is 0.0676. The summed E-state index contributed by atoms with van der Waals surface area (Å²) in [6.07, 6.45) is 2.16. The molecule has 0 heterocycles. The Morgan fingerprint density at radius 3 is 3.12 bits per heavy atom. The Bertz CT molecular complexity index is 420. The molecule has 0 aliphatic heterocycles. The zero-order chi connectivity index (χ0) is 12.3. The predicted octanol–water partition coefficient (Wildman–Crippen LogP) is 2.16. The lowest BCUT2D eigenvalue weighted by molar-refractivity contribution is -0.120. The third-order valence-electron chi connectivity index (χ3n) is 3.07. The van der Waals surface area contributed by atoms with Gasteiger partial charge >= 0.3 is 0 Å². The maximum Gasteiger partial charge on any atom is 0.233 e. The number of likely N-dealkylation sites (N-methyl/N-ethyl adjacent to an activating group) is 1. The highest BCUT2D eigenvalue weighted by Gasteiger charge is 2.22. The molecule has 92 valence electrons. The van der Waals surface area contributed by atoms with E-state index in [1.807, 2.05) is 6.92 Å². The maximum absolute atomic E-state index is 11.4. The summed E-state index contributed by atoms with van der Waals surface area (Å²) in [5, 5.41) is 6.11. The Kier molecular flexibility index (Phi) is 4.18. The van der Waals surface area contributed by atoms with Crippen molar-refractivity contribution in [1.29, 1.82) is 0 Å². The molecule has 0 radical (unpaired) electrons. The summed E-state index contributed by atoms with van der Waals surface area (Å²) in [5.41, 5.74) is 2.71. The van der Waals surface area contributed by atoms with E-state index in [0.29, 0.717) is 19.1 Å². The highest BCUT2D eigenvalue weighted by molar-refractivity contribution is 9.10. The number of fused-ring (bicyclic) bond motifs is 1. The quantitative estimate of drug-likeness (QED) is 0.894. The first-order chi connectivity index (χ1) is 8.20. The van der Waals surface area contributed by atoms with Crippen LogP contribution in [0.15, 0.2) is 22.7 Å².